The normalized spacial score (nSPS) is 18.0. The Kier molecular flexibility index (Phi) is 5.41. The van der Waals surface area contributed by atoms with Gasteiger partial charge in [0.15, 0.2) is 0 Å². The predicted octanol–water partition coefficient (Wildman–Crippen LogP) is 2.60. The maximum absolute atomic E-state index is 12.7. The third-order valence-electron chi connectivity index (χ3n) is 3.88. The quantitative estimate of drug-likeness (QED) is 0.849. The smallest absolute Gasteiger partial charge is 0.254 e. The van der Waals surface area contributed by atoms with Crippen LogP contribution in [0, 0.1) is 24.7 Å². The number of benzene rings is 1. The van der Waals surface area contributed by atoms with Gasteiger partial charge in [-0.05, 0) is 43.4 Å². The molecule has 1 heterocycles. The minimum Gasteiger partial charge on any atom is -0.395 e. The Morgan fingerprint density at radius 1 is 1.48 bits per heavy atom. The zero-order valence-electron chi connectivity index (χ0n) is 12.9. The summed E-state index contributed by atoms with van der Waals surface area (Å²) in [4.78, 5) is 14.6. The number of aliphatic hydroxyl groups excluding tert-OH is 1. The van der Waals surface area contributed by atoms with Gasteiger partial charge in [0.1, 0.15) is 0 Å². The summed E-state index contributed by atoms with van der Waals surface area (Å²) in [7, 11) is 0. The molecule has 2 rings (SSSR count). The van der Waals surface area contributed by atoms with E-state index in [9.17, 15) is 4.79 Å². The van der Waals surface area contributed by atoms with Crippen molar-refractivity contribution in [2.75, 3.05) is 19.7 Å². The summed E-state index contributed by atoms with van der Waals surface area (Å²) in [6.45, 7) is 5.92. The van der Waals surface area contributed by atoms with E-state index in [0.717, 1.165) is 36.2 Å². The van der Waals surface area contributed by atoms with E-state index in [1.54, 1.807) is 0 Å². The number of hydrogen-bond donors (Lipinski definition) is 1. The first-order valence-corrected chi connectivity index (χ1v) is 7.61. The molecule has 0 bridgehead atoms. The molecule has 1 aliphatic rings. The van der Waals surface area contributed by atoms with Crippen molar-refractivity contribution in [1.29, 1.82) is 0 Å². The Morgan fingerprint density at radius 2 is 2.29 bits per heavy atom. The lowest BCUT2D eigenvalue weighted by Gasteiger charge is -2.31. The lowest BCUT2D eigenvalue weighted by Crippen LogP contribution is -2.39. The van der Waals surface area contributed by atoms with Crippen LogP contribution in [0.2, 0.25) is 0 Å². The molecule has 112 valence electrons. The minimum atomic E-state index is 0.0658. The molecule has 0 aliphatic carbocycles. The molecule has 1 aliphatic heterocycles. The first kappa shape index (κ1) is 15.6. The maximum atomic E-state index is 12.7. The van der Waals surface area contributed by atoms with Gasteiger partial charge in [0.05, 0.1) is 6.61 Å². The first-order valence-electron chi connectivity index (χ1n) is 7.61. The minimum absolute atomic E-state index is 0.0658. The van der Waals surface area contributed by atoms with Gasteiger partial charge in [0.2, 0.25) is 0 Å². The molecule has 0 spiro atoms. The summed E-state index contributed by atoms with van der Waals surface area (Å²) in [5.41, 5.74) is 2.58. The molecule has 1 fully saturated rings. The standard InChI is InChI=1S/C18H23NO2/c1-14-6-5-10-19(13-14)18(21)17-12-16(7-3-4-11-20)9-8-15(17)2/h8-9,12,14,20H,4-6,10-11,13H2,1-2H3. The van der Waals surface area contributed by atoms with Gasteiger partial charge in [-0.15, -0.1) is 0 Å². The Balaban J connectivity index is 2.20. The van der Waals surface area contributed by atoms with Gasteiger partial charge >= 0.3 is 0 Å². The van der Waals surface area contributed by atoms with Crippen molar-refractivity contribution in [2.45, 2.75) is 33.1 Å². The number of carbonyl (C=O) groups excluding carboxylic acids is 1. The number of nitrogens with zero attached hydrogens (tertiary/aromatic N) is 1. The second kappa shape index (κ2) is 7.28. The van der Waals surface area contributed by atoms with Crippen LogP contribution in [0.3, 0.4) is 0 Å². The van der Waals surface area contributed by atoms with E-state index < -0.39 is 0 Å². The van der Waals surface area contributed by atoms with Crippen molar-refractivity contribution in [3.63, 3.8) is 0 Å². The molecule has 0 aromatic heterocycles. The fourth-order valence-corrected chi connectivity index (χ4v) is 2.69. The van der Waals surface area contributed by atoms with Crippen molar-refractivity contribution in [2.24, 2.45) is 5.92 Å². The summed E-state index contributed by atoms with van der Waals surface area (Å²) in [5.74, 6) is 6.59. The highest BCUT2D eigenvalue weighted by atomic mass is 16.2. The number of likely N-dealkylation sites (tertiary alicyclic amines) is 1. The number of aliphatic hydroxyl groups is 1. The van der Waals surface area contributed by atoms with E-state index in [-0.39, 0.29) is 12.5 Å². The summed E-state index contributed by atoms with van der Waals surface area (Å²) in [6, 6.07) is 5.75. The van der Waals surface area contributed by atoms with E-state index in [1.165, 1.54) is 6.42 Å². The molecular weight excluding hydrogens is 262 g/mol. The number of hydrogen-bond acceptors (Lipinski definition) is 2. The third kappa shape index (κ3) is 4.09. The zero-order valence-corrected chi connectivity index (χ0v) is 12.9. The van der Waals surface area contributed by atoms with Gasteiger partial charge in [0, 0.05) is 30.6 Å². The number of aryl methyl sites for hydroxylation is 1. The number of piperidine rings is 1. The van der Waals surface area contributed by atoms with E-state index in [4.69, 9.17) is 5.11 Å². The molecule has 1 atom stereocenters. The van der Waals surface area contributed by atoms with Crippen LogP contribution >= 0.6 is 0 Å². The fourth-order valence-electron chi connectivity index (χ4n) is 2.69. The topological polar surface area (TPSA) is 40.5 Å². The average molecular weight is 285 g/mol. The molecule has 1 amide bonds. The Morgan fingerprint density at radius 3 is 3.00 bits per heavy atom. The van der Waals surface area contributed by atoms with Crippen LogP contribution in [-0.4, -0.2) is 35.6 Å². The maximum Gasteiger partial charge on any atom is 0.254 e. The van der Waals surface area contributed by atoms with Gasteiger partial charge in [-0.3, -0.25) is 4.79 Å². The summed E-state index contributed by atoms with van der Waals surface area (Å²) < 4.78 is 0. The molecule has 0 saturated carbocycles. The number of amides is 1. The van der Waals surface area contributed by atoms with Crippen LogP contribution in [0.25, 0.3) is 0 Å². The summed E-state index contributed by atoms with van der Waals surface area (Å²) in [6.07, 6.45) is 2.75. The predicted molar refractivity (Wildman–Crippen MR) is 84.1 cm³/mol. The fraction of sp³-hybridized carbons (Fsp3) is 0.500. The third-order valence-corrected chi connectivity index (χ3v) is 3.88. The second-order valence-electron chi connectivity index (χ2n) is 5.80. The van der Waals surface area contributed by atoms with Crippen molar-refractivity contribution >= 4 is 5.91 Å². The van der Waals surface area contributed by atoms with Gasteiger partial charge in [0.25, 0.3) is 5.91 Å². The highest BCUT2D eigenvalue weighted by molar-refractivity contribution is 5.96. The van der Waals surface area contributed by atoms with Crippen LogP contribution in [0.4, 0.5) is 0 Å². The monoisotopic (exact) mass is 285 g/mol. The lowest BCUT2D eigenvalue weighted by molar-refractivity contribution is 0.0682. The average Bonchev–Trinajstić information content (AvgIpc) is 2.48. The number of rotatable bonds is 2. The van der Waals surface area contributed by atoms with Crippen LogP contribution in [0.15, 0.2) is 18.2 Å². The van der Waals surface area contributed by atoms with E-state index in [0.29, 0.717) is 12.3 Å². The SMILES string of the molecule is Cc1ccc(C#CCCO)cc1C(=O)N1CCCC(C)C1. The molecule has 3 heteroatoms. The van der Waals surface area contributed by atoms with E-state index in [1.807, 2.05) is 30.0 Å². The molecule has 1 N–H and O–H groups in total. The summed E-state index contributed by atoms with van der Waals surface area (Å²) >= 11 is 0. The van der Waals surface area contributed by atoms with E-state index >= 15 is 0 Å². The zero-order chi connectivity index (χ0) is 15.2. The van der Waals surface area contributed by atoms with Crippen molar-refractivity contribution in [3.8, 4) is 11.8 Å². The van der Waals surface area contributed by atoms with Crippen LogP contribution in [0.1, 0.15) is 47.7 Å². The highest BCUT2D eigenvalue weighted by Crippen LogP contribution is 2.20. The van der Waals surface area contributed by atoms with Gasteiger partial charge in [-0.25, -0.2) is 0 Å². The molecule has 21 heavy (non-hydrogen) atoms. The highest BCUT2D eigenvalue weighted by Gasteiger charge is 2.23. The van der Waals surface area contributed by atoms with Gasteiger partial charge < -0.3 is 10.0 Å². The first-order chi connectivity index (χ1) is 10.1. The second-order valence-corrected chi connectivity index (χ2v) is 5.80. The molecule has 0 radical (unpaired) electrons. The van der Waals surface area contributed by atoms with Crippen LogP contribution in [0.5, 0.6) is 0 Å². The molecule has 1 saturated heterocycles. The molecular formula is C18H23NO2. The number of carbonyl (C=O) groups is 1. The largest absolute Gasteiger partial charge is 0.395 e. The van der Waals surface area contributed by atoms with Crippen molar-refractivity contribution in [3.05, 3.63) is 34.9 Å². The Bertz CT molecular complexity index is 568. The Hall–Kier alpha value is -1.79. The molecule has 1 aromatic carbocycles. The van der Waals surface area contributed by atoms with E-state index in [2.05, 4.69) is 18.8 Å². The van der Waals surface area contributed by atoms with Crippen molar-refractivity contribution < 1.29 is 9.90 Å². The molecule has 1 unspecified atom stereocenters. The van der Waals surface area contributed by atoms with Gasteiger partial charge in [-0.2, -0.15) is 0 Å². The van der Waals surface area contributed by atoms with Crippen molar-refractivity contribution in [1.82, 2.24) is 4.90 Å². The van der Waals surface area contributed by atoms with Gasteiger partial charge in [-0.1, -0.05) is 24.8 Å². The van der Waals surface area contributed by atoms with Crippen LogP contribution in [-0.2, 0) is 0 Å². The lowest BCUT2D eigenvalue weighted by atomic mass is 9.98. The Labute approximate surface area is 127 Å². The van der Waals surface area contributed by atoms with Crippen LogP contribution < -0.4 is 0 Å². The molecule has 1 aromatic rings. The summed E-state index contributed by atoms with van der Waals surface area (Å²) in [5, 5.41) is 8.76. The molecule has 3 nitrogen and oxygen atoms in total.